The SMILES string of the molecule is CC(=O)NCCN(c1c(C)cc(C)cc1C)S(C)(=O)=O. The van der Waals surface area contributed by atoms with E-state index in [1.165, 1.54) is 17.5 Å². The highest BCUT2D eigenvalue weighted by Gasteiger charge is 2.21. The minimum atomic E-state index is -3.39. The van der Waals surface area contributed by atoms with Gasteiger partial charge in [0.15, 0.2) is 0 Å². The molecule has 20 heavy (non-hydrogen) atoms. The maximum Gasteiger partial charge on any atom is 0.232 e. The molecule has 0 unspecified atom stereocenters. The summed E-state index contributed by atoms with van der Waals surface area (Å²) in [5, 5.41) is 2.62. The normalized spacial score (nSPS) is 11.2. The van der Waals surface area contributed by atoms with Crippen LogP contribution in [-0.2, 0) is 14.8 Å². The molecule has 0 bridgehead atoms. The number of hydrogen-bond donors (Lipinski definition) is 1. The van der Waals surface area contributed by atoms with Crippen molar-refractivity contribution in [1.29, 1.82) is 0 Å². The number of carbonyl (C=O) groups excluding carboxylic acids is 1. The molecule has 1 aromatic carbocycles. The summed E-state index contributed by atoms with van der Waals surface area (Å²) in [7, 11) is -3.39. The highest BCUT2D eigenvalue weighted by Crippen LogP contribution is 2.27. The fourth-order valence-corrected chi connectivity index (χ4v) is 3.39. The lowest BCUT2D eigenvalue weighted by molar-refractivity contribution is -0.118. The number of benzene rings is 1. The van der Waals surface area contributed by atoms with Crippen molar-refractivity contribution in [1.82, 2.24) is 5.32 Å². The zero-order chi connectivity index (χ0) is 15.5. The second-order valence-electron chi connectivity index (χ2n) is 5.07. The summed E-state index contributed by atoms with van der Waals surface area (Å²) in [5.74, 6) is -0.171. The number of anilines is 1. The van der Waals surface area contributed by atoms with Crippen LogP contribution in [-0.4, -0.2) is 33.7 Å². The Morgan fingerprint density at radius 3 is 2.10 bits per heavy atom. The van der Waals surface area contributed by atoms with E-state index in [0.29, 0.717) is 5.69 Å². The van der Waals surface area contributed by atoms with E-state index in [1.807, 2.05) is 32.9 Å². The van der Waals surface area contributed by atoms with Gasteiger partial charge in [-0.3, -0.25) is 9.10 Å². The largest absolute Gasteiger partial charge is 0.355 e. The Balaban J connectivity index is 3.16. The molecule has 0 heterocycles. The van der Waals surface area contributed by atoms with Gasteiger partial charge in [-0.15, -0.1) is 0 Å². The summed E-state index contributed by atoms with van der Waals surface area (Å²) in [4.78, 5) is 10.9. The maximum atomic E-state index is 12.0. The van der Waals surface area contributed by atoms with E-state index >= 15 is 0 Å². The first-order valence-corrected chi connectivity index (χ1v) is 8.27. The molecule has 0 aromatic heterocycles. The molecular formula is C14H22N2O3S. The molecule has 1 N–H and O–H groups in total. The van der Waals surface area contributed by atoms with E-state index in [4.69, 9.17) is 0 Å². The second-order valence-corrected chi connectivity index (χ2v) is 6.97. The number of hydrogen-bond acceptors (Lipinski definition) is 3. The van der Waals surface area contributed by atoms with Gasteiger partial charge >= 0.3 is 0 Å². The summed E-state index contributed by atoms with van der Waals surface area (Å²) in [5.41, 5.74) is 3.62. The first kappa shape index (κ1) is 16.5. The van der Waals surface area contributed by atoms with E-state index in [0.717, 1.165) is 16.7 Å². The molecule has 0 aliphatic carbocycles. The van der Waals surface area contributed by atoms with Crippen molar-refractivity contribution in [2.24, 2.45) is 0 Å². The van der Waals surface area contributed by atoms with Crippen LogP contribution in [0.4, 0.5) is 5.69 Å². The van der Waals surface area contributed by atoms with Gasteiger partial charge in [0.25, 0.3) is 0 Å². The molecule has 0 aliphatic heterocycles. The van der Waals surface area contributed by atoms with Crippen molar-refractivity contribution in [2.75, 3.05) is 23.7 Å². The number of carbonyl (C=O) groups is 1. The van der Waals surface area contributed by atoms with Crippen LogP contribution in [0.3, 0.4) is 0 Å². The average molecular weight is 298 g/mol. The monoisotopic (exact) mass is 298 g/mol. The highest BCUT2D eigenvalue weighted by atomic mass is 32.2. The fourth-order valence-electron chi connectivity index (χ4n) is 2.34. The quantitative estimate of drug-likeness (QED) is 0.896. The Kier molecular flexibility index (Phi) is 5.16. The molecule has 0 aliphatic rings. The zero-order valence-electron chi connectivity index (χ0n) is 12.6. The molecule has 0 fully saturated rings. The molecule has 1 rings (SSSR count). The van der Waals surface area contributed by atoms with E-state index in [2.05, 4.69) is 5.32 Å². The van der Waals surface area contributed by atoms with Crippen LogP contribution in [0.15, 0.2) is 12.1 Å². The minimum Gasteiger partial charge on any atom is -0.355 e. The van der Waals surface area contributed by atoms with Crippen LogP contribution in [0.1, 0.15) is 23.6 Å². The summed E-state index contributed by atoms with van der Waals surface area (Å²) in [6.45, 7) is 7.69. The number of rotatable bonds is 5. The Morgan fingerprint density at radius 1 is 1.20 bits per heavy atom. The summed E-state index contributed by atoms with van der Waals surface area (Å²) >= 11 is 0. The maximum absolute atomic E-state index is 12.0. The Labute approximate surface area is 121 Å². The molecule has 6 heteroatoms. The lowest BCUT2D eigenvalue weighted by Gasteiger charge is -2.26. The van der Waals surface area contributed by atoms with E-state index in [9.17, 15) is 13.2 Å². The van der Waals surface area contributed by atoms with Gasteiger partial charge in [-0.25, -0.2) is 8.42 Å². The summed E-state index contributed by atoms with van der Waals surface area (Å²) in [6, 6.07) is 3.91. The summed E-state index contributed by atoms with van der Waals surface area (Å²) < 4.78 is 25.4. The molecule has 112 valence electrons. The van der Waals surface area contributed by atoms with Crippen molar-refractivity contribution < 1.29 is 13.2 Å². The smallest absolute Gasteiger partial charge is 0.232 e. The van der Waals surface area contributed by atoms with E-state index in [-0.39, 0.29) is 19.0 Å². The van der Waals surface area contributed by atoms with Gasteiger partial charge in [-0.2, -0.15) is 0 Å². The third-order valence-corrected chi connectivity index (χ3v) is 4.14. The third-order valence-electron chi connectivity index (χ3n) is 2.97. The van der Waals surface area contributed by atoms with Gasteiger partial charge in [-0.1, -0.05) is 17.7 Å². The highest BCUT2D eigenvalue weighted by molar-refractivity contribution is 7.92. The molecule has 0 radical (unpaired) electrons. The molecule has 1 aromatic rings. The van der Waals surface area contributed by atoms with Crippen LogP contribution in [0.5, 0.6) is 0 Å². The first-order chi connectivity index (χ1) is 9.12. The number of aryl methyl sites for hydroxylation is 3. The van der Waals surface area contributed by atoms with E-state index < -0.39 is 10.0 Å². The van der Waals surface area contributed by atoms with Gasteiger partial charge < -0.3 is 5.32 Å². The van der Waals surface area contributed by atoms with Gasteiger partial charge in [0.05, 0.1) is 18.5 Å². The zero-order valence-corrected chi connectivity index (χ0v) is 13.5. The standard InChI is InChI=1S/C14H22N2O3S/c1-10-8-11(2)14(12(3)9-10)16(20(5,18)19)7-6-15-13(4)17/h8-9H,6-7H2,1-5H3,(H,15,17). The molecule has 0 saturated heterocycles. The van der Waals surface area contributed by atoms with E-state index in [1.54, 1.807) is 0 Å². The van der Waals surface area contributed by atoms with Crippen molar-refractivity contribution in [2.45, 2.75) is 27.7 Å². The van der Waals surface area contributed by atoms with Gasteiger partial charge in [0.2, 0.25) is 15.9 Å². The molecular weight excluding hydrogens is 276 g/mol. The molecule has 5 nitrogen and oxygen atoms in total. The van der Waals surface area contributed by atoms with Gasteiger partial charge in [0, 0.05) is 13.5 Å². The van der Waals surface area contributed by atoms with Crippen molar-refractivity contribution >= 4 is 21.6 Å². The molecule has 0 saturated carbocycles. The third kappa shape index (κ3) is 4.23. The number of amides is 1. The average Bonchev–Trinajstić information content (AvgIpc) is 2.23. The van der Waals surface area contributed by atoms with Crippen LogP contribution >= 0.6 is 0 Å². The molecule has 1 amide bonds. The number of sulfonamides is 1. The Morgan fingerprint density at radius 2 is 1.70 bits per heavy atom. The number of nitrogens with one attached hydrogen (secondary N) is 1. The van der Waals surface area contributed by atoms with Gasteiger partial charge in [0.1, 0.15) is 0 Å². The van der Waals surface area contributed by atoms with Crippen molar-refractivity contribution in [3.63, 3.8) is 0 Å². The Bertz CT molecular complexity index is 586. The lowest BCUT2D eigenvalue weighted by atomic mass is 10.1. The molecule has 0 atom stereocenters. The second kappa shape index (κ2) is 6.26. The van der Waals surface area contributed by atoms with Crippen LogP contribution in [0, 0.1) is 20.8 Å². The topological polar surface area (TPSA) is 66.5 Å². The lowest BCUT2D eigenvalue weighted by Crippen LogP contribution is -2.38. The summed E-state index contributed by atoms with van der Waals surface area (Å²) in [6.07, 6.45) is 1.18. The van der Waals surface area contributed by atoms with Crippen LogP contribution in [0.2, 0.25) is 0 Å². The minimum absolute atomic E-state index is 0.171. The van der Waals surface area contributed by atoms with Crippen molar-refractivity contribution in [3.05, 3.63) is 28.8 Å². The van der Waals surface area contributed by atoms with Gasteiger partial charge in [-0.05, 0) is 31.9 Å². The Hall–Kier alpha value is -1.56. The predicted octanol–water partition coefficient (Wildman–Crippen LogP) is 1.51. The van der Waals surface area contributed by atoms with Crippen molar-refractivity contribution in [3.8, 4) is 0 Å². The van der Waals surface area contributed by atoms with Crippen LogP contribution < -0.4 is 9.62 Å². The van der Waals surface area contributed by atoms with Crippen LogP contribution in [0.25, 0.3) is 0 Å². The predicted molar refractivity (Wildman–Crippen MR) is 81.5 cm³/mol. The fraction of sp³-hybridized carbons (Fsp3) is 0.500. The first-order valence-electron chi connectivity index (χ1n) is 6.43. The molecule has 0 spiro atoms. The number of nitrogens with zero attached hydrogens (tertiary/aromatic N) is 1.